The first-order valence-corrected chi connectivity index (χ1v) is 9.10. The monoisotopic (exact) mass is 382 g/mol. The predicted molar refractivity (Wildman–Crippen MR) is 107 cm³/mol. The molecule has 3 aromatic rings. The number of nitrogens with zero attached hydrogens (tertiary/aromatic N) is 1. The van der Waals surface area contributed by atoms with Crippen molar-refractivity contribution in [3.05, 3.63) is 52.2 Å². The van der Waals surface area contributed by atoms with Gasteiger partial charge in [0, 0.05) is 40.9 Å². The number of fused-ring (bicyclic) bond motifs is 1. The highest BCUT2D eigenvalue weighted by atomic mass is 16.3. The number of anilines is 1. The van der Waals surface area contributed by atoms with Crippen LogP contribution in [0.1, 0.15) is 17.9 Å². The van der Waals surface area contributed by atoms with Crippen LogP contribution in [-0.4, -0.2) is 46.5 Å². The van der Waals surface area contributed by atoms with Crippen LogP contribution in [0, 0.1) is 0 Å². The van der Waals surface area contributed by atoms with Gasteiger partial charge in [-0.1, -0.05) is 0 Å². The minimum Gasteiger partial charge on any atom is -0.507 e. The zero-order chi connectivity index (χ0) is 20.0. The largest absolute Gasteiger partial charge is 0.507 e. The average Bonchev–Trinajstić information content (AvgIpc) is 3.01. The minimum absolute atomic E-state index is 0.0261. The zero-order valence-electron chi connectivity index (χ0n) is 15.4. The number of likely N-dealkylation sites (N-methyl/N-ethyl adjacent to an activating group) is 1. The van der Waals surface area contributed by atoms with E-state index in [9.17, 15) is 20.1 Å². The number of benzene rings is 2. The fourth-order valence-electron chi connectivity index (χ4n) is 4.08. The van der Waals surface area contributed by atoms with E-state index in [1.54, 1.807) is 24.3 Å². The maximum Gasteiger partial charge on any atom is 0.197 e. The van der Waals surface area contributed by atoms with E-state index in [0.717, 1.165) is 6.54 Å². The van der Waals surface area contributed by atoms with Gasteiger partial charge in [0.1, 0.15) is 28.2 Å². The Morgan fingerprint density at radius 2 is 1.89 bits per heavy atom. The summed E-state index contributed by atoms with van der Waals surface area (Å²) < 4.78 is 6.04. The van der Waals surface area contributed by atoms with Gasteiger partial charge >= 0.3 is 0 Å². The van der Waals surface area contributed by atoms with Crippen molar-refractivity contribution in [2.75, 3.05) is 25.9 Å². The molecular formula is C21H22N2O5. The van der Waals surface area contributed by atoms with Crippen LogP contribution in [0.5, 0.6) is 11.5 Å². The standard InChI is InChI=1S/C21H22N2O5/c1-23-7-6-13(14(23)10-24)19-15(25)8-16(26)20-17(27)9-18(28-21(19)20)11-2-4-12(22)5-3-11/h2-5,8-9,13-14,24-26H,6-7,10,22H2,1H3/t13?,14-/m1/s1. The van der Waals surface area contributed by atoms with Crippen molar-refractivity contribution < 1.29 is 19.7 Å². The molecule has 7 nitrogen and oxygen atoms in total. The smallest absolute Gasteiger partial charge is 0.197 e. The van der Waals surface area contributed by atoms with Crippen molar-refractivity contribution in [2.24, 2.45) is 0 Å². The van der Waals surface area contributed by atoms with Gasteiger partial charge in [-0.05, 0) is 44.3 Å². The molecule has 2 atom stereocenters. The Kier molecular flexibility index (Phi) is 4.49. The van der Waals surface area contributed by atoms with Crippen molar-refractivity contribution in [1.82, 2.24) is 4.90 Å². The van der Waals surface area contributed by atoms with Crippen LogP contribution in [0.15, 0.2) is 45.6 Å². The summed E-state index contributed by atoms with van der Waals surface area (Å²) in [4.78, 5) is 14.8. The van der Waals surface area contributed by atoms with Crippen molar-refractivity contribution in [2.45, 2.75) is 18.4 Å². The van der Waals surface area contributed by atoms with Crippen LogP contribution >= 0.6 is 0 Å². The molecule has 2 heterocycles. The van der Waals surface area contributed by atoms with Gasteiger partial charge in [0.05, 0.1) is 6.61 Å². The van der Waals surface area contributed by atoms with Crippen LogP contribution in [0.2, 0.25) is 0 Å². The number of hydrogen-bond donors (Lipinski definition) is 4. The fourth-order valence-corrected chi connectivity index (χ4v) is 4.08. The molecule has 1 saturated heterocycles. The Morgan fingerprint density at radius 3 is 2.57 bits per heavy atom. The second-order valence-corrected chi connectivity index (χ2v) is 7.26. The summed E-state index contributed by atoms with van der Waals surface area (Å²) >= 11 is 0. The molecule has 7 heteroatoms. The van der Waals surface area contributed by atoms with Gasteiger partial charge < -0.3 is 30.4 Å². The zero-order valence-corrected chi connectivity index (χ0v) is 15.4. The first-order valence-electron chi connectivity index (χ1n) is 9.10. The SMILES string of the molecule is CN1CCC(c2c(O)cc(O)c3c(=O)cc(-c4ccc(N)cc4)oc23)[C@H]1CO. The van der Waals surface area contributed by atoms with E-state index >= 15 is 0 Å². The number of nitrogen functional groups attached to an aromatic ring is 1. The number of rotatable bonds is 3. The summed E-state index contributed by atoms with van der Waals surface area (Å²) in [5.41, 5.74) is 7.15. The third-order valence-corrected chi connectivity index (χ3v) is 5.57. The molecule has 0 saturated carbocycles. The lowest BCUT2D eigenvalue weighted by Gasteiger charge is -2.24. The number of aliphatic hydroxyl groups excluding tert-OH is 1. The lowest BCUT2D eigenvalue weighted by molar-refractivity contribution is 0.172. The number of likely N-dealkylation sites (tertiary alicyclic amines) is 1. The van der Waals surface area contributed by atoms with E-state index in [0.29, 0.717) is 29.0 Å². The van der Waals surface area contributed by atoms with Crippen LogP contribution < -0.4 is 11.2 Å². The predicted octanol–water partition coefficient (Wildman–Crippen LogP) is 2.23. The summed E-state index contributed by atoms with van der Waals surface area (Å²) in [7, 11) is 1.90. The van der Waals surface area contributed by atoms with Gasteiger partial charge in [-0.3, -0.25) is 4.79 Å². The molecule has 1 aromatic heterocycles. The molecule has 1 aliphatic rings. The van der Waals surface area contributed by atoms with Gasteiger partial charge in [-0.25, -0.2) is 0 Å². The first kappa shape index (κ1) is 18.3. The Labute approximate surface area is 161 Å². The average molecular weight is 382 g/mol. The third-order valence-electron chi connectivity index (χ3n) is 5.57. The Balaban J connectivity index is 1.99. The van der Waals surface area contributed by atoms with Crippen molar-refractivity contribution >= 4 is 16.7 Å². The maximum atomic E-state index is 12.8. The molecule has 1 fully saturated rings. The van der Waals surface area contributed by atoms with Crippen molar-refractivity contribution in [3.8, 4) is 22.8 Å². The summed E-state index contributed by atoms with van der Waals surface area (Å²) in [6.45, 7) is 0.643. The Hall–Kier alpha value is -3.03. The normalized spacial score (nSPS) is 20.1. The van der Waals surface area contributed by atoms with Gasteiger partial charge in [0.2, 0.25) is 0 Å². The summed E-state index contributed by atoms with van der Waals surface area (Å²) in [6.07, 6.45) is 0.685. The van der Waals surface area contributed by atoms with Crippen LogP contribution in [-0.2, 0) is 0 Å². The number of aromatic hydroxyl groups is 2. The number of phenols is 2. The van der Waals surface area contributed by atoms with E-state index in [1.807, 2.05) is 11.9 Å². The van der Waals surface area contributed by atoms with Gasteiger partial charge in [-0.15, -0.1) is 0 Å². The minimum atomic E-state index is -0.404. The van der Waals surface area contributed by atoms with E-state index in [1.165, 1.54) is 12.1 Å². The number of nitrogens with two attached hydrogens (primary N) is 1. The molecule has 2 aromatic carbocycles. The van der Waals surface area contributed by atoms with E-state index in [2.05, 4.69) is 0 Å². The Bertz CT molecular complexity index is 1090. The topological polar surface area (TPSA) is 120 Å². The molecule has 0 bridgehead atoms. The summed E-state index contributed by atoms with van der Waals surface area (Å²) in [5, 5.41) is 30.7. The summed E-state index contributed by atoms with van der Waals surface area (Å²) in [5.74, 6) is -0.402. The lowest BCUT2D eigenvalue weighted by atomic mass is 9.89. The molecule has 0 radical (unpaired) electrons. The number of hydrogen-bond acceptors (Lipinski definition) is 7. The molecule has 0 amide bonds. The molecule has 0 aliphatic carbocycles. The first-order chi connectivity index (χ1) is 13.4. The van der Waals surface area contributed by atoms with E-state index < -0.39 is 5.43 Å². The van der Waals surface area contributed by atoms with Crippen molar-refractivity contribution in [1.29, 1.82) is 0 Å². The lowest BCUT2D eigenvalue weighted by Crippen LogP contribution is -2.32. The highest BCUT2D eigenvalue weighted by Crippen LogP contribution is 2.44. The molecule has 5 N–H and O–H groups in total. The van der Waals surface area contributed by atoms with E-state index in [4.69, 9.17) is 10.2 Å². The van der Waals surface area contributed by atoms with Gasteiger partial charge in [0.25, 0.3) is 0 Å². The van der Waals surface area contributed by atoms with Gasteiger partial charge in [-0.2, -0.15) is 0 Å². The third kappa shape index (κ3) is 2.89. The molecule has 28 heavy (non-hydrogen) atoms. The van der Waals surface area contributed by atoms with Crippen molar-refractivity contribution in [3.63, 3.8) is 0 Å². The Morgan fingerprint density at radius 1 is 1.18 bits per heavy atom. The molecular weight excluding hydrogens is 360 g/mol. The van der Waals surface area contributed by atoms with Crippen LogP contribution in [0.4, 0.5) is 5.69 Å². The van der Waals surface area contributed by atoms with Crippen LogP contribution in [0.25, 0.3) is 22.3 Å². The second-order valence-electron chi connectivity index (χ2n) is 7.26. The number of aliphatic hydroxyl groups is 1. The summed E-state index contributed by atoms with van der Waals surface area (Å²) in [6, 6.07) is 9.15. The highest BCUT2D eigenvalue weighted by Gasteiger charge is 2.36. The molecule has 0 spiro atoms. The quantitative estimate of drug-likeness (QED) is 0.513. The van der Waals surface area contributed by atoms with Crippen LogP contribution in [0.3, 0.4) is 0 Å². The molecule has 1 aliphatic heterocycles. The maximum absolute atomic E-state index is 12.8. The van der Waals surface area contributed by atoms with Gasteiger partial charge in [0.15, 0.2) is 5.43 Å². The highest BCUT2D eigenvalue weighted by molar-refractivity contribution is 5.89. The second kappa shape index (κ2) is 6.85. The molecule has 146 valence electrons. The fraction of sp³-hybridized carbons (Fsp3) is 0.286. The molecule has 4 rings (SSSR count). The number of phenolic OH excluding ortho intramolecular Hbond substituents is 2. The molecule has 1 unspecified atom stereocenters. The van der Waals surface area contributed by atoms with E-state index in [-0.39, 0.29) is 41.0 Å².